The summed E-state index contributed by atoms with van der Waals surface area (Å²) in [6.07, 6.45) is 1.86. The van der Waals surface area contributed by atoms with Gasteiger partial charge in [0.05, 0.1) is 12.5 Å². The molecule has 0 saturated heterocycles. The molecule has 0 radical (unpaired) electrons. The number of hydrogen-bond acceptors (Lipinski definition) is 4. The second-order valence-corrected chi connectivity index (χ2v) is 7.57. The molecule has 4 nitrogen and oxygen atoms in total. The topological polar surface area (TPSA) is 48.7 Å². The fourth-order valence-corrected chi connectivity index (χ4v) is 3.78. The summed E-state index contributed by atoms with van der Waals surface area (Å²) in [4.78, 5) is 13.2. The number of benzene rings is 3. The lowest BCUT2D eigenvalue weighted by Crippen LogP contribution is -2.01. The molecule has 0 amide bonds. The highest BCUT2D eigenvalue weighted by Crippen LogP contribution is 2.37. The highest BCUT2D eigenvalue weighted by molar-refractivity contribution is 6.11. The van der Waals surface area contributed by atoms with Crippen LogP contribution in [-0.2, 0) is 13.0 Å². The van der Waals surface area contributed by atoms with Gasteiger partial charge in [-0.2, -0.15) is 0 Å². The zero-order valence-electron chi connectivity index (χ0n) is 18.1. The van der Waals surface area contributed by atoms with Gasteiger partial charge in [-0.15, -0.1) is 0 Å². The first-order chi connectivity index (χ1) is 15.1. The third-order valence-electron chi connectivity index (χ3n) is 5.44. The minimum atomic E-state index is -0.146. The van der Waals surface area contributed by atoms with Crippen LogP contribution in [0.1, 0.15) is 46.2 Å². The number of aryl methyl sites for hydroxylation is 2. The Bertz CT molecular complexity index is 1190. The molecule has 0 unspecified atom stereocenters. The second kappa shape index (κ2) is 9.09. The summed E-state index contributed by atoms with van der Waals surface area (Å²) in [5.74, 6) is 1.65. The van der Waals surface area contributed by atoms with Crippen molar-refractivity contribution >= 4 is 16.8 Å². The molecular weight excluding hydrogens is 388 g/mol. The summed E-state index contributed by atoms with van der Waals surface area (Å²) in [5.41, 5.74) is 4.27. The second-order valence-electron chi connectivity index (χ2n) is 7.57. The monoisotopic (exact) mass is 414 g/mol. The maximum Gasteiger partial charge on any atom is 0.228 e. The standard InChI is InChI=1S/C27H26O4/c1-4-8-21-13-16-23(30-17-19-9-6-5-7-10-19)24-18(2)26(31-27(21)24)25(28)20-11-14-22(29-3)15-12-20/h5-7,9-16H,4,8,17H2,1-3H3. The van der Waals surface area contributed by atoms with E-state index >= 15 is 0 Å². The predicted molar refractivity (Wildman–Crippen MR) is 122 cm³/mol. The number of carbonyl (C=O) groups excluding carboxylic acids is 1. The van der Waals surface area contributed by atoms with E-state index in [9.17, 15) is 4.79 Å². The summed E-state index contributed by atoms with van der Waals surface area (Å²) in [5, 5.41) is 0.874. The van der Waals surface area contributed by atoms with Gasteiger partial charge < -0.3 is 13.9 Å². The molecule has 31 heavy (non-hydrogen) atoms. The number of methoxy groups -OCH3 is 1. The Hall–Kier alpha value is -3.53. The number of rotatable bonds is 8. The molecule has 0 fully saturated rings. The molecule has 4 heteroatoms. The van der Waals surface area contributed by atoms with Gasteiger partial charge in [-0.05, 0) is 54.8 Å². The predicted octanol–water partition coefficient (Wildman–Crippen LogP) is 6.51. The molecule has 3 aromatic carbocycles. The Labute approximate surface area is 182 Å². The fourth-order valence-electron chi connectivity index (χ4n) is 3.78. The van der Waals surface area contributed by atoms with Crippen molar-refractivity contribution in [2.45, 2.75) is 33.3 Å². The first-order valence-corrected chi connectivity index (χ1v) is 10.5. The van der Waals surface area contributed by atoms with Gasteiger partial charge in [0, 0.05) is 11.1 Å². The molecule has 0 bridgehead atoms. The van der Waals surface area contributed by atoms with Crippen molar-refractivity contribution in [2.24, 2.45) is 0 Å². The van der Waals surface area contributed by atoms with Crippen LogP contribution in [-0.4, -0.2) is 12.9 Å². The lowest BCUT2D eigenvalue weighted by atomic mass is 10.0. The van der Waals surface area contributed by atoms with E-state index in [-0.39, 0.29) is 5.78 Å². The van der Waals surface area contributed by atoms with Crippen molar-refractivity contribution in [3.63, 3.8) is 0 Å². The molecule has 0 aliphatic rings. The van der Waals surface area contributed by atoms with Crippen molar-refractivity contribution < 1.29 is 18.7 Å². The number of carbonyl (C=O) groups is 1. The molecule has 0 spiro atoms. The molecule has 4 aromatic rings. The van der Waals surface area contributed by atoms with Crippen molar-refractivity contribution in [1.29, 1.82) is 0 Å². The molecular formula is C27H26O4. The van der Waals surface area contributed by atoms with Gasteiger partial charge in [0.2, 0.25) is 5.78 Å². The SMILES string of the molecule is CCCc1ccc(OCc2ccccc2)c2c(C)c(C(=O)c3ccc(OC)cc3)oc12. The quantitative estimate of drug-likeness (QED) is 0.308. The maximum absolute atomic E-state index is 13.2. The van der Waals surface area contributed by atoms with Crippen molar-refractivity contribution in [2.75, 3.05) is 7.11 Å². The van der Waals surface area contributed by atoms with Crippen LogP contribution in [0.5, 0.6) is 11.5 Å². The van der Waals surface area contributed by atoms with E-state index in [1.165, 1.54) is 0 Å². The maximum atomic E-state index is 13.2. The molecule has 0 N–H and O–H groups in total. The summed E-state index contributed by atoms with van der Waals surface area (Å²) in [6, 6.07) is 21.1. The molecule has 0 saturated carbocycles. The molecule has 1 heterocycles. The van der Waals surface area contributed by atoms with Crippen LogP contribution in [0, 0.1) is 6.92 Å². The van der Waals surface area contributed by atoms with Gasteiger partial charge >= 0.3 is 0 Å². The summed E-state index contributed by atoms with van der Waals surface area (Å²) >= 11 is 0. The van der Waals surface area contributed by atoms with Crippen LogP contribution in [0.15, 0.2) is 71.1 Å². The van der Waals surface area contributed by atoms with Crippen LogP contribution < -0.4 is 9.47 Å². The van der Waals surface area contributed by atoms with Gasteiger partial charge in [0.15, 0.2) is 5.76 Å². The number of furan rings is 1. The van der Waals surface area contributed by atoms with Crippen LogP contribution in [0.25, 0.3) is 11.0 Å². The third kappa shape index (κ3) is 4.19. The molecule has 0 atom stereocenters. The normalized spacial score (nSPS) is 10.9. The van der Waals surface area contributed by atoms with Crippen molar-refractivity contribution in [3.05, 3.63) is 94.7 Å². The van der Waals surface area contributed by atoms with Crippen LogP contribution in [0.2, 0.25) is 0 Å². The van der Waals surface area contributed by atoms with Gasteiger partial charge in [0.1, 0.15) is 23.7 Å². The smallest absolute Gasteiger partial charge is 0.228 e. The van der Waals surface area contributed by atoms with Gasteiger partial charge in [-0.1, -0.05) is 49.7 Å². The van der Waals surface area contributed by atoms with E-state index in [2.05, 4.69) is 6.92 Å². The van der Waals surface area contributed by atoms with Crippen LogP contribution >= 0.6 is 0 Å². The minimum Gasteiger partial charge on any atom is -0.497 e. The number of fused-ring (bicyclic) bond motifs is 1. The van der Waals surface area contributed by atoms with Crippen LogP contribution in [0.4, 0.5) is 0 Å². The zero-order chi connectivity index (χ0) is 21.8. The average Bonchev–Trinajstić information content (AvgIpc) is 3.17. The zero-order valence-corrected chi connectivity index (χ0v) is 18.1. The highest BCUT2D eigenvalue weighted by atomic mass is 16.5. The Kier molecular flexibility index (Phi) is 6.08. The third-order valence-corrected chi connectivity index (χ3v) is 5.44. The Morgan fingerprint density at radius 2 is 1.71 bits per heavy atom. The van der Waals surface area contributed by atoms with Gasteiger partial charge in [-0.25, -0.2) is 0 Å². The lowest BCUT2D eigenvalue weighted by molar-refractivity contribution is 0.101. The van der Waals surface area contributed by atoms with E-state index < -0.39 is 0 Å². The fraction of sp³-hybridized carbons (Fsp3) is 0.222. The summed E-state index contributed by atoms with van der Waals surface area (Å²) in [6.45, 7) is 4.51. The van der Waals surface area contributed by atoms with E-state index in [0.29, 0.717) is 23.7 Å². The molecule has 4 rings (SSSR count). The summed E-state index contributed by atoms with van der Waals surface area (Å²) < 4.78 is 17.5. The van der Waals surface area contributed by atoms with Crippen LogP contribution in [0.3, 0.4) is 0 Å². The lowest BCUT2D eigenvalue weighted by Gasteiger charge is -2.10. The van der Waals surface area contributed by atoms with E-state index in [4.69, 9.17) is 13.9 Å². The van der Waals surface area contributed by atoms with Gasteiger partial charge in [-0.3, -0.25) is 4.79 Å². The summed E-state index contributed by atoms with van der Waals surface area (Å²) in [7, 11) is 1.60. The molecule has 158 valence electrons. The van der Waals surface area contributed by atoms with Crippen molar-refractivity contribution in [3.8, 4) is 11.5 Å². The number of hydrogen-bond donors (Lipinski definition) is 0. The Balaban J connectivity index is 1.75. The number of ether oxygens (including phenoxy) is 2. The van der Waals surface area contributed by atoms with E-state index in [0.717, 1.165) is 46.3 Å². The minimum absolute atomic E-state index is 0.146. The van der Waals surface area contributed by atoms with E-state index in [1.54, 1.807) is 31.4 Å². The first-order valence-electron chi connectivity index (χ1n) is 10.5. The number of ketones is 1. The molecule has 1 aromatic heterocycles. The highest BCUT2D eigenvalue weighted by Gasteiger charge is 2.23. The first kappa shape index (κ1) is 20.7. The molecule has 0 aliphatic carbocycles. The van der Waals surface area contributed by atoms with E-state index in [1.807, 2.05) is 49.4 Å². The van der Waals surface area contributed by atoms with Crippen molar-refractivity contribution in [1.82, 2.24) is 0 Å². The van der Waals surface area contributed by atoms with Gasteiger partial charge in [0.25, 0.3) is 0 Å². The Morgan fingerprint density at radius 1 is 0.968 bits per heavy atom. The Morgan fingerprint density at radius 3 is 2.39 bits per heavy atom. The largest absolute Gasteiger partial charge is 0.497 e. The average molecular weight is 415 g/mol. The molecule has 0 aliphatic heterocycles.